The molecule has 7 heteroatoms. The molecule has 0 aromatic heterocycles. The van der Waals surface area contributed by atoms with Crippen molar-refractivity contribution in [3.63, 3.8) is 0 Å². The highest BCUT2D eigenvalue weighted by Crippen LogP contribution is 2.27. The van der Waals surface area contributed by atoms with Crippen molar-refractivity contribution in [2.45, 2.75) is 17.9 Å². The first kappa shape index (κ1) is 21.3. The van der Waals surface area contributed by atoms with E-state index in [0.717, 1.165) is 17.4 Å². The first-order chi connectivity index (χ1) is 14.3. The van der Waals surface area contributed by atoms with Crippen molar-refractivity contribution >= 4 is 27.4 Å². The Balaban J connectivity index is 1.69. The summed E-state index contributed by atoms with van der Waals surface area (Å²) in [6.45, 7) is 1.48. The predicted molar refractivity (Wildman–Crippen MR) is 115 cm³/mol. The molecule has 0 aliphatic heterocycles. The van der Waals surface area contributed by atoms with Crippen LogP contribution in [0.15, 0.2) is 83.8 Å². The third-order valence-corrected chi connectivity index (χ3v) is 5.57. The van der Waals surface area contributed by atoms with Crippen LogP contribution >= 0.6 is 0 Å². The number of benzene rings is 3. The molecule has 6 nitrogen and oxygen atoms in total. The summed E-state index contributed by atoms with van der Waals surface area (Å²) < 4.78 is 28.3. The Hall–Kier alpha value is -3.45. The zero-order valence-corrected chi connectivity index (χ0v) is 17.3. The fraction of sp³-hybridized carbons (Fsp3) is 0.130. The number of nitrogens with one attached hydrogen (secondary N) is 1. The Morgan fingerprint density at radius 3 is 2.10 bits per heavy atom. The third kappa shape index (κ3) is 5.12. The van der Waals surface area contributed by atoms with E-state index in [0.29, 0.717) is 5.69 Å². The molecule has 0 saturated carbocycles. The molecule has 0 aliphatic rings. The third-order valence-electron chi connectivity index (χ3n) is 4.44. The average Bonchev–Trinajstić information content (AvgIpc) is 2.74. The molecule has 0 aliphatic carbocycles. The van der Waals surface area contributed by atoms with Gasteiger partial charge in [-0.3, -0.25) is 4.79 Å². The van der Waals surface area contributed by atoms with Crippen molar-refractivity contribution in [1.82, 2.24) is 0 Å². The normalized spacial score (nSPS) is 12.1. The van der Waals surface area contributed by atoms with E-state index in [1.54, 1.807) is 6.07 Å². The number of anilines is 1. The maximum atomic E-state index is 12.6. The number of hydrogen-bond acceptors (Lipinski definition) is 5. The van der Waals surface area contributed by atoms with Crippen LogP contribution in [0.1, 0.15) is 17.3 Å². The number of hydrogen-bond donors (Lipinski definition) is 1. The predicted octanol–water partition coefficient (Wildman–Crippen LogP) is 3.94. The molecular weight excluding hydrogens is 402 g/mol. The van der Waals surface area contributed by atoms with Crippen LogP contribution in [0.25, 0.3) is 11.1 Å². The summed E-state index contributed by atoms with van der Waals surface area (Å²) >= 11 is 0. The van der Waals surface area contributed by atoms with Crippen LogP contribution in [0.3, 0.4) is 0 Å². The lowest BCUT2D eigenvalue weighted by Crippen LogP contribution is -2.30. The number of para-hydroxylation sites is 1. The van der Waals surface area contributed by atoms with Crippen molar-refractivity contribution in [3.05, 3.63) is 84.4 Å². The van der Waals surface area contributed by atoms with Gasteiger partial charge in [-0.15, -0.1) is 0 Å². The van der Waals surface area contributed by atoms with E-state index in [2.05, 4.69) is 5.32 Å². The Labute approximate surface area is 175 Å². The monoisotopic (exact) mass is 423 g/mol. The summed E-state index contributed by atoms with van der Waals surface area (Å²) in [7, 11) is -3.36. The van der Waals surface area contributed by atoms with Crippen LogP contribution in [0.2, 0.25) is 0 Å². The van der Waals surface area contributed by atoms with Gasteiger partial charge < -0.3 is 10.1 Å². The van der Waals surface area contributed by atoms with E-state index in [4.69, 9.17) is 4.74 Å². The second-order valence-corrected chi connectivity index (χ2v) is 8.76. The van der Waals surface area contributed by atoms with E-state index in [-0.39, 0.29) is 10.5 Å². The summed E-state index contributed by atoms with van der Waals surface area (Å²) in [4.78, 5) is 25.0. The fourth-order valence-electron chi connectivity index (χ4n) is 2.82. The molecule has 1 unspecified atom stereocenters. The Bertz CT molecular complexity index is 1160. The van der Waals surface area contributed by atoms with Crippen molar-refractivity contribution in [1.29, 1.82) is 0 Å². The zero-order chi connectivity index (χ0) is 21.7. The standard InChI is InChI=1S/C23H21NO5S/c1-16(29-23(26)18-12-14-19(15-13-18)30(2,27)28)22(25)24-21-11-7-6-10-20(21)17-8-4-3-5-9-17/h3-16H,1-2H3,(H,24,25). The van der Waals surface area contributed by atoms with Gasteiger partial charge in [0.2, 0.25) is 0 Å². The largest absolute Gasteiger partial charge is 0.449 e. The maximum Gasteiger partial charge on any atom is 0.338 e. The van der Waals surface area contributed by atoms with Gasteiger partial charge in [0.25, 0.3) is 5.91 Å². The molecular formula is C23H21NO5S. The first-order valence-electron chi connectivity index (χ1n) is 9.22. The summed E-state index contributed by atoms with van der Waals surface area (Å²) in [6.07, 6.45) is 0.0379. The molecule has 154 valence electrons. The molecule has 0 saturated heterocycles. The zero-order valence-electron chi connectivity index (χ0n) is 16.5. The van der Waals surface area contributed by atoms with E-state index < -0.39 is 27.8 Å². The number of sulfone groups is 1. The minimum atomic E-state index is -3.36. The van der Waals surface area contributed by atoms with Gasteiger partial charge in [0, 0.05) is 17.5 Å². The number of carbonyl (C=O) groups is 2. The van der Waals surface area contributed by atoms with Gasteiger partial charge in [-0.1, -0.05) is 48.5 Å². The topological polar surface area (TPSA) is 89.5 Å². The maximum absolute atomic E-state index is 12.6. The van der Waals surface area contributed by atoms with E-state index in [1.807, 2.05) is 48.5 Å². The molecule has 1 atom stereocenters. The first-order valence-corrected chi connectivity index (χ1v) is 11.1. The van der Waals surface area contributed by atoms with Gasteiger partial charge in [-0.05, 0) is 42.8 Å². The van der Waals surface area contributed by atoms with E-state index in [1.165, 1.54) is 31.2 Å². The number of ether oxygens (including phenoxy) is 1. The van der Waals surface area contributed by atoms with Crippen molar-refractivity contribution < 1.29 is 22.7 Å². The van der Waals surface area contributed by atoms with Gasteiger partial charge in [0.15, 0.2) is 15.9 Å². The van der Waals surface area contributed by atoms with Gasteiger partial charge in [-0.2, -0.15) is 0 Å². The van der Waals surface area contributed by atoms with Crippen LogP contribution in [-0.2, 0) is 19.4 Å². The van der Waals surface area contributed by atoms with Crippen LogP contribution in [0.5, 0.6) is 0 Å². The average molecular weight is 423 g/mol. The summed E-state index contributed by atoms with van der Waals surface area (Å²) in [6, 6.07) is 22.3. The lowest BCUT2D eigenvalue weighted by Gasteiger charge is -2.16. The number of esters is 1. The molecule has 30 heavy (non-hydrogen) atoms. The van der Waals surface area contributed by atoms with E-state index >= 15 is 0 Å². The molecule has 3 aromatic carbocycles. The molecule has 1 amide bonds. The van der Waals surface area contributed by atoms with Crippen LogP contribution in [-0.4, -0.2) is 32.7 Å². The molecule has 0 radical (unpaired) electrons. The van der Waals surface area contributed by atoms with Gasteiger partial charge >= 0.3 is 5.97 Å². The van der Waals surface area contributed by atoms with Gasteiger partial charge in [0.05, 0.1) is 10.5 Å². The number of amides is 1. The molecule has 0 bridgehead atoms. The minimum absolute atomic E-state index is 0.0994. The second-order valence-electron chi connectivity index (χ2n) is 6.74. The molecule has 3 rings (SSSR count). The summed E-state index contributed by atoms with van der Waals surface area (Å²) in [5, 5.41) is 2.80. The van der Waals surface area contributed by atoms with Crippen LogP contribution in [0.4, 0.5) is 5.69 Å². The Morgan fingerprint density at radius 2 is 1.47 bits per heavy atom. The molecule has 0 heterocycles. The number of carbonyl (C=O) groups excluding carboxylic acids is 2. The highest BCUT2D eigenvalue weighted by molar-refractivity contribution is 7.90. The lowest BCUT2D eigenvalue weighted by atomic mass is 10.0. The van der Waals surface area contributed by atoms with E-state index in [9.17, 15) is 18.0 Å². The van der Waals surface area contributed by atoms with Gasteiger partial charge in [-0.25, -0.2) is 13.2 Å². The van der Waals surface area contributed by atoms with Crippen molar-refractivity contribution in [3.8, 4) is 11.1 Å². The minimum Gasteiger partial charge on any atom is -0.449 e. The van der Waals surface area contributed by atoms with Gasteiger partial charge in [0.1, 0.15) is 0 Å². The van der Waals surface area contributed by atoms with Crippen LogP contribution < -0.4 is 5.32 Å². The quantitative estimate of drug-likeness (QED) is 0.607. The van der Waals surface area contributed by atoms with Crippen molar-refractivity contribution in [2.75, 3.05) is 11.6 Å². The highest BCUT2D eigenvalue weighted by Gasteiger charge is 2.20. The molecule has 1 N–H and O–H groups in total. The smallest absolute Gasteiger partial charge is 0.338 e. The fourth-order valence-corrected chi connectivity index (χ4v) is 3.45. The Morgan fingerprint density at radius 1 is 0.867 bits per heavy atom. The number of rotatable bonds is 6. The van der Waals surface area contributed by atoms with Crippen LogP contribution in [0, 0.1) is 0 Å². The highest BCUT2D eigenvalue weighted by atomic mass is 32.2. The molecule has 3 aromatic rings. The SMILES string of the molecule is CC(OC(=O)c1ccc(S(C)(=O)=O)cc1)C(=O)Nc1ccccc1-c1ccccc1. The summed E-state index contributed by atoms with van der Waals surface area (Å²) in [5.74, 6) is -1.19. The van der Waals surface area contributed by atoms with Crippen molar-refractivity contribution in [2.24, 2.45) is 0 Å². The molecule has 0 fully saturated rings. The molecule has 0 spiro atoms. The second kappa shape index (κ2) is 8.92. The Kier molecular flexibility index (Phi) is 6.32. The summed E-state index contributed by atoms with van der Waals surface area (Å²) in [5.41, 5.74) is 2.56. The lowest BCUT2D eigenvalue weighted by molar-refractivity contribution is -0.123.